The van der Waals surface area contributed by atoms with Crippen molar-refractivity contribution in [2.45, 2.75) is 27.7 Å². The standard InChI is InChI=1S/C15H24N2O/c1-11(2)13(4)9-16-10-15(18)17-14-7-5-6-12(3)8-14/h5-8,11,13,16H,9-10H2,1-4H3,(H,17,18). The minimum absolute atomic E-state index is 0.0107. The molecular weight excluding hydrogens is 224 g/mol. The van der Waals surface area contributed by atoms with Gasteiger partial charge in [-0.15, -0.1) is 0 Å². The van der Waals surface area contributed by atoms with E-state index >= 15 is 0 Å². The van der Waals surface area contributed by atoms with E-state index in [1.165, 1.54) is 0 Å². The summed E-state index contributed by atoms with van der Waals surface area (Å²) < 4.78 is 0. The average Bonchev–Trinajstić information content (AvgIpc) is 2.28. The van der Waals surface area contributed by atoms with E-state index in [4.69, 9.17) is 0 Å². The third kappa shape index (κ3) is 5.32. The van der Waals surface area contributed by atoms with E-state index in [0.717, 1.165) is 17.8 Å². The Morgan fingerprint density at radius 2 is 2.00 bits per heavy atom. The highest BCUT2D eigenvalue weighted by Crippen LogP contribution is 2.09. The molecule has 2 N–H and O–H groups in total. The lowest BCUT2D eigenvalue weighted by Crippen LogP contribution is -2.32. The van der Waals surface area contributed by atoms with Crippen LogP contribution in [0.2, 0.25) is 0 Å². The van der Waals surface area contributed by atoms with Crippen LogP contribution >= 0.6 is 0 Å². The highest BCUT2D eigenvalue weighted by Gasteiger charge is 2.07. The molecule has 0 saturated heterocycles. The number of benzene rings is 1. The first-order chi connectivity index (χ1) is 8.49. The molecule has 100 valence electrons. The second-order valence-corrected chi connectivity index (χ2v) is 5.27. The molecule has 0 fully saturated rings. The summed E-state index contributed by atoms with van der Waals surface area (Å²) >= 11 is 0. The summed E-state index contributed by atoms with van der Waals surface area (Å²) in [6.07, 6.45) is 0. The highest BCUT2D eigenvalue weighted by molar-refractivity contribution is 5.92. The van der Waals surface area contributed by atoms with E-state index in [1.807, 2.05) is 31.2 Å². The smallest absolute Gasteiger partial charge is 0.238 e. The van der Waals surface area contributed by atoms with Gasteiger partial charge in [-0.1, -0.05) is 32.9 Å². The quantitative estimate of drug-likeness (QED) is 0.813. The Labute approximate surface area is 110 Å². The summed E-state index contributed by atoms with van der Waals surface area (Å²) in [5.74, 6) is 1.23. The van der Waals surface area contributed by atoms with Gasteiger partial charge >= 0.3 is 0 Å². The van der Waals surface area contributed by atoms with Crippen LogP contribution in [0.1, 0.15) is 26.3 Å². The van der Waals surface area contributed by atoms with Gasteiger partial charge in [-0.05, 0) is 43.0 Å². The van der Waals surface area contributed by atoms with Crippen LogP contribution in [-0.2, 0) is 4.79 Å². The Morgan fingerprint density at radius 3 is 2.61 bits per heavy atom. The predicted molar refractivity (Wildman–Crippen MR) is 76.7 cm³/mol. The van der Waals surface area contributed by atoms with Gasteiger partial charge in [0.15, 0.2) is 0 Å². The van der Waals surface area contributed by atoms with Crippen molar-refractivity contribution in [1.82, 2.24) is 5.32 Å². The number of nitrogens with one attached hydrogen (secondary N) is 2. The van der Waals surface area contributed by atoms with Crippen molar-refractivity contribution in [2.24, 2.45) is 11.8 Å². The number of amides is 1. The van der Waals surface area contributed by atoms with Crippen molar-refractivity contribution in [3.8, 4) is 0 Å². The summed E-state index contributed by atoms with van der Waals surface area (Å²) in [4.78, 5) is 11.7. The molecule has 3 nitrogen and oxygen atoms in total. The molecular formula is C15H24N2O. The van der Waals surface area contributed by atoms with Gasteiger partial charge in [0.1, 0.15) is 0 Å². The number of hydrogen-bond acceptors (Lipinski definition) is 2. The molecule has 1 atom stereocenters. The second kappa shape index (κ2) is 7.17. The Kier molecular flexibility index (Phi) is 5.86. The van der Waals surface area contributed by atoms with Crippen molar-refractivity contribution in [3.05, 3.63) is 29.8 Å². The molecule has 0 aliphatic heterocycles. The summed E-state index contributed by atoms with van der Waals surface area (Å²) in [7, 11) is 0. The molecule has 0 aliphatic rings. The van der Waals surface area contributed by atoms with Crippen LogP contribution in [0.5, 0.6) is 0 Å². The molecule has 0 aromatic heterocycles. The van der Waals surface area contributed by atoms with E-state index in [0.29, 0.717) is 18.4 Å². The fraction of sp³-hybridized carbons (Fsp3) is 0.533. The third-order valence-electron chi connectivity index (χ3n) is 3.19. The zero-order valence-corrected chi connectivity index (χ0v) is 11.8. The minimum atomic E-state index is 0.0107. The number of carbonyl (C=O) groups is 1. The molecule has 3 heteroatoms. The summed E-state index contributed by atoms with van der Waals surface area (Å²) in [6, 6.07) is 7.83. The monoisotopic (exact) mass is 248 g/mol. The van der Waals surface area contributed by atoms with Gasteiger partial charge in [0, 0.05) is 5.69 Å². The third-order valence-corrected chi connectivity index (χ3v) is 3.19. The second-order valence-electron chi connectivity index (χ2n) is 5.27. The van der Waals surface area contributed by atoms with E-state index in [1.54, 1.807) is 0 Å². The number of carbonyl (C=O) groups excluding carboxylic acids is 1. The number of hydrogen-bond donors (Lipinski definition) is 2. The van der Waals surface area contributed by atoms with Gasteiger partial charge in [0.2, 0.25) is 5.91 Å². The fourth-order valence-corrected chi connectivity index (χ4v) is 1.58. The Morgan fingerprint density at radius 1 is 1.28 bits per heavy atom. The first-order valence-corrected chi connectivity index (χ1v) is 6.56. The van der Waals surface area contributed by atoms with Crippen LogP contribution in [0.3, 0.4) is 0 Å². The fourth-order valence-electron chi connectivity index (χ4n) is 1.58. The molecule has 0 saturated carbocycles. The van der Waals surface area contributed by atoms with Gasteiger partial charge in [-0.2, -0.15) is 0 Å². The van der Waals surface area contributed by atoms with Crippen LogP contribution in [0, 0.1) is 18.8 Å². The molecule has 1 aromatic carbocycles. The topological polar surface area (TPSA) is 41.1 Å². The molecule has 0 heterocycles. The van der Waals surface area contributed by atoms with Gasteiger partial charge in [-0.25, -0.2) is 0 Å². The minimum Gasteiger partial charge on any atom is -0.325 e. The normalized spacial score (nSPS) is 12.5. The van der Waals surface area contributed by atoms with E-state index in [9.17, 15) is 4.79 Å². The lowest BCUT2D eigenvalue weighted by Gasteiger charge is -2.15. The molecule has 0 spiro atoms. The van der Waals surface area contributed by atoms with Crippen LogP contribution in [0.4, 0.5) is 5.69 Å². The lowest BCUT2D eigenvalue weighted by atomic mass is 9.98. The number of anilines is 1. The van der Waals surface area contributed by atoms with Gasteiger partial charge in [0.05, 0.1) is 6.54 Å². The highest BCUT2D eigenvalue weighted by atomic mass is 16.1. The first kappa shape index (κ1) is 14.7. The largest absolute Gasteiger partial charge is 0.325 e. The Hall–Kier alpha value is -1.35. The maximum atomic E-state index is 11.7. The molecule has 1 unspecified atom stereocenters. The Bertz CT molecular complexity index is 388. The van der Waals surface area contributed by atoms with Crippen LogP contribution in [0.25, 0.3) is 0 Å². The van der Waals surface area contributed by atoms with E-state index in [-0.39, 0.29) is 5.91 Å². The van der Waals surface area contributed by atoms with Crippen LogP contribution in [0.15, 0.2) is 24.3 Å². The molecule has 1 rings (SSSR count). The maximum absolute atomic E-state index is 11.7. The summed E-state index contributed by atoms with van der Waals surface area (Å²) in [5.41, 5.74) is 2.01. The van der Waals surface area contributed by atoms with Crippen molar-refractivity contribution in [2.75, 3.05) is 18.4 Å². The number of rotatable bonds is 6. The molecule has 1 aromatic rings. The molecule has 0 radical (unpaired) electrons. The van der Waals surface area contributed by atoms with Crippen molar-refractivity contribution in [1.29, 1.82) is 0 Å². The maximum Gasteiger partial charge on any atom is 0.238 e. The zero-order chi connectivity index (χ0) is 13.5. The average molecular weight is 248 g/mol. The molecule has 0 aliphatic carbocycles. The summed E-state index contributed by atoms with van der Waals surface area (Å²) in [5, 5.41) is 6.07. The van der Waals surface area contributed by atoms with Crippen molar-refractivity contribution < 1.29 is 4.79 Å². The predicted octanol–water partition coefficient (Wildman–Crippen LogP) is 2.82. The molecule has 0 bridgehead atoms. The number of aryl methyl sites for hydroxylation is 1. The molecule has 18 heavy (non-hydrogen) atoms. The SMILES string of the molecule is Cc1cccc(NC(=O)CNCC(C)C(C)C)c1. The Balaban J connectivity index is 2.30. The van der Waals surface area contributed by atoms with Crippen molar-refractivity contribution >= 4 is 11.6 Å². The van der Waals surface area contributed by atoms with Crippen molar-refractivity contribution in [3.63, 3.8) is 0 Å². The van der Waals surface area contributed by atoms with Crippen LogP contribution in [-0.4, -0.2) is 19.0 Å². The zero-order valence-electron chi connectivity index (χ0n) is 11.8. The van der Waals surface area contributed by atoms with Gasteiger partial charge in [-0.3, -0.25) is 4.79 Å². The molecule has 1 amide bonds. The van der Waals surface area contributed by atoms with Gasteiger partial charge < -0.3 is 10.6 Å². The van der Waals surface area contributed by atoms with Gasteiger partial charge in [0.25, 0.3) is 0 Å². The van der Waals surface area contributed by atoms with E-state index in [2.05, 4.69) is 31.4 Å². The lowest BCUT2D eigenvalue weighted by molar-refractivity contribution is -0.115. The van der Waals surface area contributed by atoms with E-state index < -0.39 is 0 Å². The first-order valence-electron chi connectivity index (χ1n) is 6.56. The summed E-state index contributed by atoms with van der Waals surface area (Å²) in [6.45, 7) is 9.83. The van der Waals surface area contributed by atoms with Crippen LogP contribution < -0.4 is 10.6 Å².